The molecule has 0 bridgehead atoms. The van der Waals surface area contributed by atoms with E-state index in [4.69, 9.17) is 16.1 Å². The van der Waals surface area contributed by atoms with E-state index in [-0.39, 0.29) is 40.6 Å². The van der Waals surface area contributed by atoms with Crippen LogP contribution in [0.4, 0.5) is 5.69 Å². The number of nitro groups is 1. The summed E-state index contributed by atoms with van der Waals surface area (Å²) in [6, 6.07) is 4.76. The van der Waals surface area contributed by atoms with E-state index in [1.165, 1.54) is 12.1 Å². The average Bonchev–Trinajstić information content (AvgIpc) is 2.86. The molecule has 2 rings (SSSR count). The number of hydrogen-bond acceptors (Lipinski definition) is 6. The highest BCUT2D eigenvalue weighted by molar-refractivity contribution is 6.33. The summed E-state index contributed by atoms with van der Waals surface area (Å²) in [5.41, 5.74) is -0.00982. The van der Waals surface area contributed by atoms with E-state index in [2.05, 4.69) is 15.5 Å². The number of benzene rings is 1. The molecular weight excluding hydrogens is 319 g/mol. The van der Waals surface area contributed by atoms with Crippen molar-refractivity contribution in [2.75, 3.05) is 7.05 Å². The maximum absolute atomic E-state index is 11.1. The second-order valence-corrected chi connectivity index (χ2v) is 4.71. The van der Waals surface area contributed by atoms with Gasteiger partial charge in [0.05, 0.1) is 4.92 Å². The van der Waals surface area contributed by atoms with Gasteiger partial charge in [-0.15, -0.1) is 12.4 Å². The number of halogens is 2. The molecule has 0 spiro atoms. The van der Waals surface area contributed by atoms with Crippen molar-refractivity contribution >= 4 is 29.7 Å². The van der Waals surface area contributed by atoms with Crippen LogP contribution in [-0.2, 0) is 6.42 Å². The Bertz CT molecular complexity index is 633. The van der Waals surface area contributed by atoms with Crippen LogP contribution in [0.25, 0.3) is 11.5 Å². The highest BCUT2D eigenvalue weighted by atomic mass is 35.5. The SMILES string of the molecule is CNC(C)Cc1noc(-c2cccc(Cl)c2[N+](=O)[O-])n1.Cl. The molecule has 0 fully saturated rings. The van der Waals surface area contributed by atoms with Crippen LogP contribution in [0.5, 0.6) is 0 Å². The first-order valence-electron chi connectivity index (χ1n) is 5.96. The van der Waals surface area contributed by atoms with Gasteiger partial charge in [-0.1, -0.05) is 22.8 Å². The van der Waals surface area contributed by atoms with Crippen LogP contribution in [0.1, 0.15) is 12.7 Å². The van der Waals surface area contributed by atoms with Gasteiger partial charge in [-0.25, -0.2) is 0 Å². The molecule has 0 radical (unpaired) electrons. The molecule has 1 heterocycles. The summed E-state index contributed by atoms with van der Waals surface area (Å²) in [5, 5.41) is 18.0. The summed E-state index contributed by atoms with van der Waals surface area (Å²) in [7, 11) is 1.83. The van der Waals surface area contributed by atoms with Gasteiger partial charge >= 0.3 is 5.69 Å². The van der Waals surface area contributed by atoms with Crippen LogP contribution in [0.3, 0.4) is 0 Å². The van der Waals surface area contributed by atoms with Crippen molar-refractivity contribution < 1.29 is 9.45 Å². The lowest BCUT2D eigenvalue weighted by Gasteiger charge is -2.04. The van der Waals surface area contributed by atoms with E-state index in [0.29, 0.717) is 12.2 Å². The van der Waals surface area contributed by atoms with E-state index in [0.717, 1.165) is 0 Å². The van der Waals surface area contributed by atoms with Crippen molar-refractivity contribution in [2.24, 2.45) is 0 Å². The van der Waals surface area contributed by atoms with E-state index in [1.807, 2.05) is 14.0 Å². The van der Waals surface area contributed by atoms with Crippen molar-refractivity contribution in [3.05, 3.63) is 39.2 Å². The monoisotopic (exact) mass is 332 g/mol. The number of rotatable bonds is 5. The molecule has 0 saturated heterocycles. The van der Waals surface area contributed by atoms with E-state index in [9.17, 15) is 10.1 Å². The Balaban J connectivity index is 0.00000220. The van der Waals surface area contributed by atoms with Crippen molar-refractivity contribution in [3.63, 3.8) is 0 Å². The van der Waals surface area contributed by atoms with Crippen molar-refractivity contribution in [1.82, 2.24) is 15.5 Å². The molecule has 1 aromatic heterocycles. The van der Waals surface area contributed by atoms with Gasteiger partial charge in [-0.2, -0.15) is 4.98 Å². The summed E-state index contributed by atoms with van der Waals surface area (Å²) >= 11 is 5.85. The number of nitro benzene ring substituents is 1. The predicted molar refractivity (Wildman–Crippen MR) is 80.9 cm³/mol. The average molecular weight is 333 g/mol. The lowest BCUT2D eigenvalue weighted by atomic mass is 10.2. The zero-order valence-electron chi connectivity index (χ0n) is 11.4. The van der Waals surface area contributed by atoms with Crippen LogP contribution in [0.2, 0.25) is 5.02 Å². The molecule has 0 aliphatic carbocycles. The Morgan fingerprint density at radius 1 is 1.52 bits per heavy atom. The Morgan fingerprint density at radius 2 is 2.24 bits per heavy atom. The second kappa shape index (κ2) is 7.35. The van der Waals surface area contributed by atoms with E-state index in [1.54, 1.807) is 6.07 Å². The Kier molecular flexibility index (Phi) is 6.07. The number of nitrogens with zero attached hydrogens (tertiary/aromatic N) is 3. The van der Waals surface area contributed by atoms with Crippen molar-refractivity contribution in [2.45, 2.75) is 19.4 Å². The van der Waals surface area contributed by atoms with Gasteiger partial charge in [0.2, 0.25) is 0 Å². The van der Waals surface area contributed by atoms with E-state index >= 15 is 0 Å². The topological polar surface area (TPSA) is 94.1 Å². The van der Waals surface area contributed by atoms with Crippen LogP contribution in [0.15, 0.2) is 22.7 Å². The highest BCUT2D eigenvalue weighted by Gasteiger charge is 2.24. The van der Waals surface area contributed by atoms with Crippen LogP contribution >= 0.6 is 24.0 Å². The molecule has 1 aromatic carbocycles. The van der Waals surface area contributed by atoms with E-state index < -0.39 is 4.92 Å². The van der Waals surface area contributed by atoms with Gasteiger partial charge in [0.1, 0.15) is 10.6 Å². The molecule has 114 valence electrons. The molecule has 0 aliphatic rings. The predicted octanol–water partition coefficient (Wildman–Crippen LogP) is 2.87. The van der Waals surface area contributed by atoms with Gasteiger partial charge in [0, 0.05) is 12.5 Å². The quantitative estimate of drug-likeness (QED) is 0.668. The minimum atomic E-state index is -0.558. The number of para-hydroxylation sites is 1. The number of hydrogen-bond donors (Lipinski definition) is 1. The third-order valence-corrected chi connectivity index (χ3v) is 3.15. The Morgan fingerprint density at radius 3 is 2.86 bits per heavy atom. The molecule has 21 heavy (non-hydrogen) atoms. The summed E-state index contributed by atoms with van der Waals surface area (Å²) in [6.07, 6.45) is 0.564. The largest absolute Gasteiger partial charge is 0.334 e. The third-order valence-electron chi connectivity index (χ3n) is 2.85. The lowest BCUT2D eigenvalue weighted by molar-refractivity contribution is -0.384. The molecule has 1 unspecified atom stereocenters. The molecule has 0 aliphatic heterocycles. The zero-order chi connectivity index (χ0) is 14.7. The number of nitrogens with one attached hydrogen (secondary N) is 1. The van der Waals surface area contributed by atoms with Gasteiger partial charge in [0.15, 0.2) is 5.82 Å². The molecule has 7 nitrogen and oxygen atoms in total. The fourth-order valence-corrected chi connectivity index (χ4v) is 1.94. The summed E-state index contributed by atoms with van der Waals surface area (Å²) < 4.78 is 5.09. The van der Waals surface area contributed by atoms with Crippen LogP contribution in [-0.4, -0.2) is 28.2 Å². The minimum absolute atomic E-state index is 0. The third kappa shape index (κ3) is 3.90. The van der Waals surface area contributed by atoms with Gasteiger partial charge in [-0.05, 0) is 26.1 Å². The fraction of sp³-hybridized carbons (Fsp3) is 0.333. The fourth-order valence-electron chi connectivity index (χ4n) is 1.70. The molecule has 0 saturated carbocycles. The van der Waals surface area contributed by atoms with Gasteiger partial charge in [-0.3, -0.25) is 10.1 Å². The number of aromatic nitrogens is 2. The second-order valence-electron chi connectivity index (χ2n) is 4.30. The molecule has 1 N–H and O–H groups in total. The first-order valence-corrected chi connectivity index (χ1v) is 6.34. The maximum atomic E-state index is 11.1. The first-order chi connectivity index (χ1) is 9.52. The molecule has 9 heteroatoms. The Labute approximate surface area is 132 Å². The van der Waals surface area contributed by atoms with Gasteiger partial charge < -0.3 is 9.84 Å². The standard InChI is InChI=1S/C12H13ClN4O3.ClH/c1-7(14-2)6-10-15-12(20-16-10)8-4-3-5-9(13)11(8)17(18)19;/h3-5,7,14H,6H2,1-2H3;1H. The van der Waals surface area contributed by atoms with Crippen LogP contribution < -0.4 is 5.32 Å². The minimum Gasteiger partial charge on any atom is -0.334 e. The number of likely N-dealkylation sites (N-methyl/N-ethyl adjacent to an activating group) is 1. The smallest absolute Gasteiger partial charge is 0.300 e. The lowest BCUT2D eigenvalue weighted by Crippen LogP contribution is -2.24. The summed E-state index contributed by atoms with van der Waals surface area (Å²) in [6.45, 7) is 1.97. The Hall–Kier alpha value is -1.70. The summed E-state index contributed by atoms with van der Waals surface area (Å²) in [5.74, 6) is 0.577. The molecular formula is C12H14Cl2N4O3. The zero-order valence-corrected chi connectivity index (χ0v) is 12.9. The van der Waals surface area contributed by atoms with Crippen molar-refractivity contribution in [3.8, 4) is 11.5 Å². The highest BCUT2D eigenvalue weighted by Crippen LogP contribution is 2.34. The molecule has 2 aromatic rings. The molecule has 0 amide bonds. The maximum Gasteiger partial charge on any atom is 0.300 e. The van der Waals surface area contributed by atoms with Crippen LogP contribution in [0, 0.1) is 10.1 Å². The summed E-state index contributed by atoms with van der Waals surface area (Å²) in [4.78, 5) is 14.7. The van der Waals surface area contributed by atoms with Crippen molar-refractivity contribution in [1.29, 1.82) is 0 Å². The normalized spacial score (nSPS) is 11.8. The van der Waals surface area contributed by atoms with Gasteiger partial charge in [0.25, 0.3) is 5.89 Å². The first kappa shape index (κ1) is 17.4. The molecule has 1 atom stereocenters.